The van der Waals surface area contributed by atoms with E-state index in [1.807, 2.05) is 25.9 Å². The Balaban J connectivity index is 2.82. The fourth-order valence-corrected chi connectivity index (χ4v) is 2.19. The van der Waals surface area contributed by atoms with Crippen molar-refractivity contribution < 1.29 is 9.90 Å². The van der Waals surface area contributed by atoms with Gasteiger partial charge in [0.25, 0.3) is 0 Å². The van der Waals surface area contributed by atoms with E-state index in [-0.39, 0.29) is 0 Å². The van der Waals surface area contributed by atoms with Gasteiger partial charge >= 0.3 is 5.97 Å². The molecule has 82 valence electrons. The Morgan fingerprint density at radius 3 is 2.80 bits per heavy atom. The second-order valence-corrected chi connectivity index (χ2v) is 4.58. The van der Waals surface area contributed by atoms with Crippen molar-refractivity contribution in [3.63, 3.8) is 0 Å². The van der Waals surface area contributed by atoms with Crippen LogP contribution in [0, 0.1) is 6.92 Å². The van der Waals surface area contributed by atoms with Crippen molar-refractivity contribution in [2.24, 2.45) is 0 Å². The number of hydrogen-bond acceptors (Lipinski definition) is 4. The summed E-state index contributed by atoms with van der Waals surface area (Å²) in [5.74, 6) is -0.933. The molecule has 5 heteroatoms. The molecule has 1 N–H and O–H groups in total. The standard InChI is InChI=1S/C10H14N2O2S/c1-7-8(4-5-10(13)14)15-9(11-7)6-12(2)3/h4-5H,6H2,1-3H3,(H,13,14)/b5-4+. The number of carboxylic acids is 1. The average molecular weight is 226 g/mol. The molecule has 0 bridgehead atoms. The van der Waals surface area contributed by atoms with E-state index in [2.05, 4.69) is 4.98 Å². The summed E-state index contributed by atoms with van der Waals surface area (Å²) in [7, 11) is 3.95. The SMILES string of the molecule is Cc1nc(CN(C)C)sc1/C=C/C(=O)O. The van der Waals surface area contributed by atoms with Crippen LogP contribution in [0.1, 0.15) is 15.6 Å². The zero-order valence-electron chi connectivity index (χ0n) is 9.02. The highest BCUT2D eigenvalue weighted by molar-refractivity contribution is 7.12. The van der Waals surface area contributed by atoms with E-state index in [1.54, 1.807) is 6.08 Å². The molecule has 0 fully saturated rings. The molecular weight excluding hydrogens is 212 g/mol. The third-order valence-electron chi connectivity index (χ3n) is 1.71. The maximum atomic E-state index is 10.4. The number of nitrogens with zero attached hydrogens (tertiary/aromatic N) is 2. The molecule has 0 radical (unpaired) electrons. The molecule has 0 spiro atoms. The van der Waals surface area contributed by atoms with Gasteiger partial charge in [0.15, 0.2) is 0 Å². The van der Waals surface area contributed by atoms with E-state index >= 15 is 0 Å². The Morgan fingerprint density at radius 2 is 2.27 bits per heavy atom. The number of carboxylic acid groups (broad SMARTS) is 1. The molecule has 0 aliphatic heterocycles. The van der Waals surface area contributed by atoms with E-state index in [1.165, 1.54) is 11.3 Å². The smallest absolute Gasteiger partial charge is 0.328 e. The van der Waals surface area contributed by atoms with Gasteiger partial charge in [-0.2, -0.15) is 0 Å². The highest BCUT2D eigenvalue weighted by atomic mass is 32.1. The average Bonchev–Trinajstić information content (AvgIpc) is 2.41. The zero-order valence-corrected chi connectivity index (χ0v) is 9.84. The molecule has 0 saturated carbocycles. The Bertz CT molecular complexity index is 383. The van der Waals surface area contributed by atoms with Crippen LogP contribution < -0.4 is 0 Å². The summed E-state index contributed by atoms with van der Waals surface area (Å²) in [4.78, 5) is 17.7. The van der Waals surface area contributed by atoms with E-state index in [0.717, 1.165) is 28.2 Å². The van der Waals surface area contributed by atoms with Crippen LogP contribution >= 0.6 is 11.3 Å². The maximum absolute atomic E-state index is 10.4. The second-order valence-electron chi connectivity index (χ2n) is 3.47. The zero-order chi connectivity index (χ0) is 11.4. The minimum atomic E-state index is -0.933. The van der Waals surface area contributed by atoms with Gasteiger partial charge in [0, 0.05) is 12.6 Å². The molecular formula is C10H14N2O2S. The second kappa shape index (κ2) is 5.04. The van der Waals surface area contributed by atoms with Gasteiger partial charge in [-0.25, -0.2) is 9.78 Å². The lowest BCUT2D eigenvalue weighted by Gasteiger charge is -2.04. The molecule has 1 aromatic heterocycles. The van der Waals surface area contributed by atoms with Gasteiger partial charge in [-0.1, -0.05) is 0 Å². The predicted octanol–water partition coefficient (Wildman–Crippen LogP) is 1.61. The van der Waals surface area contributed by atoms with Crippen LogP contribution in [-0.2, 0) is 11.3 Å². The van der Waals surface area contributed by atoms with Crippen LogP contribution in [0.3, 0.4) is 0 Å². The van der Waals surface area contributed by atoms with Gasteiger partial charge in [-0.15, -0.1) is 11.3 Å². The lowest BCUT2D eigenvalue weighted by atomic mass is 10.3. The highest BCUT2D eigenvalue weighted by Crippen LogP contribution is 2.20. The summed E-state index contributed by atoms with van der Waals surface area (Å²) in [5, 5.41) is 9.51. The number of hydrogen-bond donors (Lipinski definition) is 1. The first-order chi connectivity index (χ1) is 6.99. The molecule has 0 amide bonds. The Hall–Kier alpha value is -1.20. The summed E-state index contributed by atoms with van der Waals surface area (Å²) in [6.07, 6.45) is 2.73. The van der Waals surface area contributed by atoms with Crippen LogP contribution in [0.2, 0.25) is 0 Å². The lowest BCUT2D eigenvalue weighted by Crippen LogP contribution is -2.10. The molecule has 0 aliphatic rings. The van der Waals surface area contributed by atoms with Gasteiger partial charge in [-0.05, 0) is 27.1 Å². The van der Waals surface area contributed by atoms with Crippen molar-refractivity contribution >= 4 is 23.4 Å². The largest absolute Gasteiger partial charge is 0.478 e. The summed E-state index contributed by atoms with van der Waals surface area (Å²) >= 11 is 1.53. The van der Waals surface area contributed by atoms with Crippen LogP contribution in [0.4, 0.5) is 0 Å². The van der Waals surface area contributed by atoms with Gasteiger partial charge in [0.05, 0.1) is 10.6 Å². The Labute approximate surface area is 92.9 Å². The number of rotatable bonds is 4. The number of aliphatic carboxylic acids is 1. The fourth-order valence-electron chi connectivity index (χ4n) is 1.11. The summed E-state index contributed by atoms with van der Waals surface area (Å²) < 4.78 is 0. The molecule has 0 unspecified atom stereocenters. The van der Waals surface area contributed by atoms with E-state index in [4.69, 9.17) is 5.11 Å². The predicted molar refractivity (Wildman–Crippen MR) is 60.9 cm³/mol. The van der Waals surface area contributed by atoms with E-state index in [0.29, 0.717) is 0 Å². The van der Waals surface area contributed by atoms with Crippen molar-refractivity contribution in [2.75, 3.05) is 14.1 Å². The van der Waals surface area contributed by atoms with E-state index < -0.39 is 5.97 Å². The third kappa shape index (κ3) is 3.81. The normalized spacial score (nSPS) is 11.5. The summed E-state index contributed by atoms with van der Waals surface area (Å²) in [6, 6.07) is 0. The minimum Gasteiger partial charge on any atom is -0.478 e. The van der Waals surface area contributed by atoms with E-state index in [9.17, 15) is 4.79 Å². The van der Waals surface area contributed by atoms with Crippen LogP contribution in [-0.4, -0.2) is 35.1 Å². The molecule has 0 atom stereocenters. The molecule has 4 nitrogen and oxygen atoms in total. The van der Waals surface area contributed by atoms with Gasteiger partial charge < -0.3 is 10.0 Å². The monoisotopic (exact) mass is 226 g/mol. The Kier molecular flexibility index (Phi) is 3.99. The molecule has 1 rings (SSSR count). The number of aryl methyl sites for hydroxylation is 1. The topological polar surface area (TPSA) is 53.4 Å². The fraction of sp³-hybridized carbons (Fsp3) is 0.400. The first kappa shape index (κ1) is 11.9. The summed E-state index contributed by atoms with van der Waals surface area (Å²) in [5.41, 5.74) is 0.884. The van der Waals surface area contributed by atoms with Crippen molar-refractivity contribution in [3.8, 4) is 0 Å². The van der Waals surface area contributed by atoms with Gasteiger partial charge in [0.1, 0.15) is 5.01 Å². The molecule has 0 aliphatic carbocycles. The number of aromatic nitrogens is 1. The molecule has 1 aromatic rings. The van der Waals surface area contributed by atoms with Gasteiger partial charge in [0.2, 0.25) is 0 Å². The van der Waals surface area contributed by atoms with Crippen LogP contribution in [0.25, 0.3) is 6.08 Å². The number of thiazole rings is 1. The van der Waals surface area contributed by atoms with Crippen LogP contribution in [0.5, 0.6) is 0 Å². The lowest BCUT2D eigenvalue weighted by molar-refractivity contribution is -0.131. The molecule has 15 heavy (non-hydrogen) atoms. The number of carbonyl (C=O) groups is 1. The third-order valence-corrected chi connectivity index (χ3v) is 2.81. The van der Waals surface area contributed by atoms with Crippen molar-refractivity contribution in [1.29, 1.82) is 0 Å². The molecule has 1 heterocycles. The molecule has 0 aromatic carbocycles. The first-order valence-electron chi connectivity index (χ1n) is 4.51. The molecule has 0 saturated heterocycles. The van der Waals surface area contributed by atoms with Gasteiger partial charge in [-0.3, -0.25) is 0 Å². The highest BCUT2D eigenvalue weighted by Gasteiger charge is 2.05. The first-order valence-corrected chi connectivity index (χ1v) is 5.32. The Morgan fingerprint density at radius 1 is 1.60 bits per heavy atom. The van der Waals surface area contributed by atoms with Crippen molar-refractivity contribution in [2.45, 2.75) is 13.5 Å². The van der Waals surface area contributed by atoms with Crippen molar-refractivity contribution in [3.05, 3.63) is 21.7 Å². The maximum Gasteiger partial charge on any atom is 0.328 e. The quantitative estimate of drug-likeness (QED) is 0.792. The minimum absolute atomic E-state index is 0.784. The summed E-state index contributed by atoms with van der Waals surface area (Å²) in [6.45, 7) is 2.67. The van der Waals surface area contributed by atoms with Crippen molar-refractivity contribution in [1.82, 2.24) is 9.88 Å². The van der Waals surface area contributed by atoms with Crippen LogP contribution in [0.15, 0.2) is 6.08 Å².